The van der Waals surface area contributed by atoms with E-state index in [0.717, 1.165) is 11.6 Å². The van der Waals surface area contributed by atoms with Crippen molar-refractivity contribution in [2.24, 2.45) is 0 Å². The van der Waals surface area contributed by atoms with Crippen LogP contribution in [-0.4, -0.2) is 28.9 Å². The molecule has 1 amide bonds. The first kappa shape index (κ1) is 17.0. The van der Waals surface area contributed by atoms with Crippen LogP contribution in [0.2, 0.25) is 0 Å². The highest BCUT2D eigenvalue weighted by Gasteiger charge is 2.35. The number of carbonyl (C=O) groups excluding carboxylic acids is 1. The van der Waals surface area contributed by atoms with E-state index in [4.69, 9.17) is 0 Å². The first-order valence-corrected chi connectivity index (χ1v) is 7.28. The van der Waals surface area contributed by atoms with Crippen LogP contribution in [0.1, 0.15) is 28.4 Å². The summed E-state index contributed by atoms with van der Waals surface area (Å²) in [6.45, 7) is 2.45. The lowest BCUT2D eigenvalue weighted by Gasteiger charge is -2.23. The highest BCUT2D eigenvalue weighted by molar-refractivity contribution is 5.95. The fourth-order valence-corrected chi connectivity index (χ4v) is 2.30. The second kappa shape index (κ2) is 7.26. The van der Waals surface area contributed by atoms with E-state index in [2.05, 4.69) is 4.98 Å². The van der Waals surface area contributed by atoms with Crippen LogP contribution in [0.15, 0.2) is 48.8 Å². The molecule has 0 spiro atoms. The predicted molar refractivity (Wildman–Crippen MR) is 81.0 cm³/mol. The van der Waals surface area contributed by atoms with Gasteiger partial charge in [-0.3, -0.25) is 9.78 Å². The van der Waals surface area contributed by atoms with Gasteiger partial charge in [0.05, 0.1) is 11.1 Å². The normalized spacial score (nSPS) is 11.3. The van der Waals surface area contributed by atoms with Crippen molar-refractivity contribution in [1.29, 1.82) is 0 Å². The maximum Gasteiger partial charge on any atom is 0.417 e. The van der Waals surface area contributed by atoms with Crippen molar-refractivity contribution in [3.05, 3.63) is 65.5 Å². The van der Waals surface area contributed by atoms with Crippen molar-refractivity contribution in [3.8, 4) is 0 Å². The van der Waals surface area contributed by atoms with Crippen molar-refractivity contribution in [1.82, 2.24) is 9.88 Å². The Balaban J connectivity index is 2.17. The Hall–Kier alpha value is -2.37. The summed E-state index contributed by atoms with van der Waals surface area (Å²) in [5, 5.41) is 0. The number of amides is 1. The Morgan fingerprint density at radius 3 is 2.39 bits per heavy atom. The Labute approximate surface area is 132 Å². The van der Waals surface area contributed by atoms with E-state index in [1.807, 2.05) is 12.1 Å². The van der Waals surface area contributed by atoms with E-state index in [1.54, 1.807) is 19.3 Å². The molecular weight excluding hydrogens is 305 g/mol. The molecule has 0 unspecified atom stereocenters. The largest absolute Gasteiger partial charge is 0.417 e. The Bertz CT molecular complexity index is 656. The molecule has 1 aromatic carbocycles. The zero-order chi connectivity index (χ0) is 16.9. The molecule has 2 aromatic rings. The quantitative estimate of drug-likeness (QED) is 0.839. The van der Waals surface area contributed by atoms with Gasteiger partial charge in [-0.2, -0.15) is 13.2 Å². The van der Waals surface area contributed by atoms with Crippen molar-refractivity contribution < 1.29 is 18.0 Å². The molecule has 6 heteroatoms. The zero-order valence-electron chi connectivity index (χ0n) is 12.7. The van der Waals surface area contributed by atoms with Crippen LogP contribution >= 0.6 is 0 Å². The maximum absolute atomic E-state index is 13.0. The molecule has 0 radical (unpaired) electrons. The van der Waals surface area contributed by atoms with E-state index >= 15 is 0 Å². The van der Waals surface area contributed by atoms with E-state index < -0.39 is 17.6 Å². The predicted octanol–water partition coefficient (Wildman–Crippen LogP) is 3.81. The van der Waals surface area contributed by atoms with Gasteiger partial charge >= 0.3 is 6.18 Å². The number of hydrogen-bond donors (Lipinski definition) is 0. The number of pyridine rings is 1. The van der Waals surface area contributed by atoms with Crippen molar-refractivity contribution in [2.75, 3.05) is 13.1 Å². The highest BCUT2D eigenvalue weighted by atomic mass is 19.4. The van der Waals surface area contributed by atoms with Crippen LogP contribution in [-0.2, 0) is 12.6 Å². The van der Waals surface area contributed by atoms with E-state index in [-0.39, 0.29) is 5.56 Å². The second-order valence-electron chi connectivity index (χ2n) is 5.03. The number of carbonyl (C=O) groups is 1. The van der Waals surface area contributed by atoms with Gasteiger partial charge < -0.3 is 4.90 Å². The van der Waals surface area contributed by atoms with Gasteiger partial charge in [0.2, 0.25) is 0 Å². The molecule has 0 saturated heterocycles. The van der Waals surface area contributed by atoms with Gasteiger partial charge in [-0.25, -0.2) is 0 Å². The minimum absolute atomic E-state index is 0.309. The lowest BCUT2D eigenvalue weighted by molar-refractivity contribution is -0.138. The minimum Gasteiger partial charge on any atom is -0.339 e. The van der Waals surface area contributed by atoms with Gasteiger partial charge in [0.25, 0.3) is 5.91 Å². The van der Waals surface area contributed by atoms with Gasteiger partial charge in [0.1, 0.15) is 0 Å². The smallest absolute Gasteiger partial charge is 0.339 e. The van der Waals surface area contributed by atoms with Gasteiger partial charge in [-0.15, -0.1) is 0 Å². The molecule has 2 rings (SSSR count). The number of benzene rings is 1. The van der Waals surface area contributed by atoms with Gasteiger partial charge in [-0.1, -0.05) is 12.1 Å². The summed E-state index contributed by atoms with van der Waals surface area (Å²) in [5.41, 5.74) is -0.223. The number of alkyl halides is 3. The average Bonchev–Trinajstić information content (AvgIpc) is 2.55. The van der Waals surface area contributed by atoms with Crippen LogP contribution in [0.3, 0.4) is 0 Å². The summed E-state index contributed by atoms with van der Waals surface area (Å²) >= 11 is 0. The highest BCUT2D eigenvalue weighted by Crippen LogP contribution is 2.32. The van der Waals surface area contributed by atoms with Crippen LogP contribution in [0, 0.1) is 0 Å². The van der Waals surface area contributed by atoms with Crippen molar-refractivity contribution in [3.63, 3.8) is 0 Å². The fraction of sp³-hybridized carbons (Fsp3) is 0.294. The lowest BCUT2D eigenvalue weighted by Crippen LogP contribution is -2.34. The summed E-state index contributed by atoms with van der Waals surface area (Å²) in [7, 11) is 0. The number of likely N-dealkylation sites (N-methyl/N-ethyl adjacent to an activating group) is 1. The van der Waals surface area contributed by atoms with Gasteiger partial charge in [0.15, 0.2) is 0 Å². The van der Waals surface area contributed by atoms with Gasteiger partial charge in [0, 0.05) is 25.5 Å². The topological polar surface area (TPSA) is 33.2 Å². The fourth-order valence-electron chi connectivity index (χ4n) is 2.30. The van der Waals surface area contributed by atoms with Crippen molar-refractivity contribution in [2.45, 2.75) is 19.5 Å². The number of hydrogen-bond acceptors (Lipinski definition) is 2. The molecule has 0 atom stereocenters. The van der Waals surface area contributed by atoms with E-state index in [0.29, 0.717) is 19.5 Å². The third kappa shape index (κ3) is 4.31. The maximum atomic E-state index is 13.0. The summed E-state index contributed by atoms with van der Waals surface area (Å²) in [6, 6.07) is 8.53. The summed E-state index contributed by atoms with van der Waals surface area (Å²) < 4.78 is 39.1. The monoisotopic (exact) mass is 322 g/mol. The molecule has 3 nitrogen and oxygen atoms in total. The van der Waals surface area contributed by atoms with Crippen LogP contribution in [0.5, 0.6) is 0 Å². The average molecular weight is 322 g/mol. The van der Waals surface area contributed by atoms with E-state index in [9.17, 15) is 18.0 Å². The molecule has 0 aliphatic carbocycles. The molecule has 0 aliphatic rings. The van der Waals surface area contributed by atoms with Crippen molar-refractivity contribution >= 4 is 5.91 Å². The third-order valence-corrected chi connectivity index (χ3v) is 3.55. The van der Waals surface area contributed by atoms with Crippen LogP contribution in [0.25, 0.3) is 0 Å². The molecule has 0 aliphatic heterocycles. The number of halogens is 3. The summed E-state index contributed by atoms with van der Waals surface area (Å²) in [6.07, 6.45) is -0.689. The first-order valence-electron chi connectivity index (χ1n) is 7.28. The Morgan fingerprint density at radius 1 is 1.13 bits per heavy atom. The SMILES string of the molecule is CCN(CCc1ccncc1)C(=O)c1ccccc1C(F)(F)F. The summed E-state index contributed by atoms with van der Waals surface area (Å²) in [4.78, 5) is 17.8. The zero-order valence-corrected chi connectivity index (χ0v) is 12.7. The Kier molecular flexibility index (Phi) is 5.36. The summed E-state index contributed by atoms with van der Waals surface area (Å²) in [5.74, 6) is -0.602. The molecule has 0 bridgehead atoms. The third-order valence-electron chi connectivity index (χ3n) is 3.55. The molecule has 1 heterocycles. The molecule has 23 heavy (non-hydrogen) atoms. The van der Waals surface area contributed by atoms with Crippen LogP contribution in [0.4, 0.5) is 13.2 Å². The molecule has 0 N–H and O–H groups in total. The number of nitrogens with zero attached hydrogens (tertiary/aromatic N) is 2. The van der Waals surface area contributed by atoms with E-state index in [1.165, 1.54) is 23.1 Å². The standard InChI is InChI=1S/C17H17F3N2O/c1-2-22(12-9-13-7-10-21-11-8-13)16(23)14-5-3-4-6-15(14)17(18,19)20/h3-8,10-11H,2,9,12H2,1H3. The molecule has 0 fully saturated rings. The number of aromatic nitrogens is 1. The second-order valence-corrected chi connectivity index (χ2v) is 5.03. The molecule has 122 valence electrons. The molecular formula is C17H17F3N2O. The first-order chi connectivity index (χ1) is 10.9. The molecule has 0 saturated carbocycles. The van der Waals surface area contributed by atoms with Crippen LogP contribution < -0.4 is 0 Å². The lowest BCUT2D eigenvalue weighted by atomic mass is 10.1. The number of rotatable bonds is 5. The minimum atomic E-state index is -4.54. The molecule has 1 aromatic heterocycles. The van der Waals surface area contributed by atoms with Gasteiger partial charge in [-0.05, 0) is 43.2 Å². The Morgan fingerprint density at radius 2 is 1.78 bits per heavy atom.